The first-order chi connectivity index (χ1) is 7.99. The molecule has 17 heavy (non-hydrogen) atoms. The van der Waals surface area contributed by atoms with E-state index in [0.29, 0.717) is 30.5 Å². The Kier molecular flexibility index (Phi) is 4.02. The lowest BCUT2D eigenvalue weighted by Crippen LogP contribution is -1.90. The predicted octanol–water partition coefficient (Wildman–Crippen LogP) is 6.67. The van der Waals surface area contributed by atoms with Crippen molar-refractivity contribution in [2.45, 2.75) is 13.3 Å². The Morgan fingerprint density at radius 2 is 1.47 bits per heavy atom. The van der Waals surface area contributed by atoms with Crippen LogP contribution in [0.1, 0.15) is 12.5 Å². The van der Waals surface area contributed by atoms with Crippen molar-refractivity contribution in [2.75, 3.05) is 0 Å². The van der Waals surface area contributed by atoms with Crippen molar-refractivity contribution in [3.05, 3.63) is 42.8 Å². The van der Waals surface area contributed by atoms with Crippen LogP contribution in [0.5, 0.6) is 0 Å². The van der Waals surface area contributed by atoms with Crippen LogP contribution in [0.25, 0.3) is 10.8 Å². The van der Waals surface area contributed by atoms with Gasteiger partial charge in [-0.3, -0.25) is 0 Å². The minimum absolute atomic E-state index is 0.321. The topological polar surface area (TPSA) is 0 Å². The van der Waals surface area contributed by atoms with Gasteiger partial charge in [0, 0.05) is 5.39 Å². The molecule has 0 spiro atoms. The number of halogens is 5. The van der Waals surface area contributed by atoms with Gasteiger partial charge in [-0.25, -0.2) is 0 Å². The lowest BCUT2D eigenvalue weighted by Gasteiger charge is -2.13. The molecule has 0 unspecified atom stereocenters. The minimum atomic E-state index is 0.321. The molecular formula is C12H7Cl5. The first kappa shape index (κ1) is 13.6. The zero-order chi connectivity index (χ0) is 12.7. The van der Waals surface area contributed by atoms with Gasteiger partial charge in [0.05, 0.1) is 25.1 Å². The van der Waals surface area contributed by atoms with Crippen LogP contribution < -0.4 is 0 Å². The van der Waals surface area contributed by atoms with Crippen LogP contribution in [0, 0.1) is 0 Å². The lowest BCUT2D eigenvalue weighted by molar-refractivity contribution is 1.16. The highest BCUT2D eigenvalue weighted by Crippen LogP contribution is 2.44. The van der Waals surface area contributed by atoms with E-state index < -0.39 is 0 Å². The summed E-state index contributed by atoms with van der Waals surface area (Å²) in [4.78, 5) is 0. The lowest BCUT2D eigenvalue weighted by atomic mass is 10.0. The van der Waals surface area contributed by atoms with Crippen LogP contribution in [0.2, 0.25) is 25.1 Å². The highest BCUT2D eigenvalue weighted by molar-refractivity contribution is 6.54. The zero-order valence-electron chi connectivity index (χ0n) is 8.75. The van der Waals surface area contributed by atoms with E-state index in [1.165, 1.54) is 0 Å². The molecule has 0 N–H and O–H groups in total. The molecule has 0 atom stereocenters. The molecule has 0 fully saturated rings. The first-order valence-corrected chi connectivity index (χ1v) is 6.81. The third kappa shape index (κ3) is 2.11. The van der Waals surface area contributed by atoms with Crippen LogP contribution >= 0.6 is 58.0 Å². The summed E-state index contributed by atoms with van der Waals surface area (Å²) in [5.41, 5.74) is 0.926. The van der Waals surface area contributed by atoms with Gasteiger partial charge in [-0.2, -0.15) is 0 Å². The number of benzene rings is 2. The van der Waals surface area contributed by atoms with E-state index in [0.717, 1.165) is 17.4 Å². The fourth-order valence-corrected chi connectivity index (χ4v) is 3.16. The third-order valence-corrected chi connectivity index (χ3v) is 4.81. The molecular weight excluding hydrogens is 321 g/mol. The maximum Gasteiger partial charge on any atom is 0.0788 e. The summed E-state index contributed by atoms with van der Waals surface area (Å²) < 4.78 is 0. The van der Waals surface area contributed by atoms with Gasteiger partial charge >= 0.3 is 0 Å². The molecule has 0 heterocycles. The normalized spacial score (nSPS) is 11.2. The van der Waals surface area contributed by atoms with E-state index in [2.05, 4.69) is 0 Å². The molecule has 0 aliphatic heterocycles. The summed E-state index contributed by atoms with van der Waals surface area (Å²) in [6.45, 7) is 1.99. The summed E-state index contributed by atoms with van der Waals surface area (Å²) in [6.07, 6.45) is 0.740. The highest BCUT2D eigenvalue weighted by atomic mass is 35.5. The first-order valence-electron chi connectivity index (χ1n) is 4.92. The smallest absolute Gasteiger partial charge is 0.0788 e. The Balaban J connectivity index is 3.06. The van der Waals surface area contributed by atoms with E-state index in [-0.39, 0.29) is 0 Å². The largest absolute Gasteiger partial charge is 0.0827 e. The van der Waals surface area contributed by atoms with Crippen LogP contribution in [0.15, 0.2) is 12.1 Å². The maximum absolute atomic E-state index is 6.18. The molecule has 0 radical (unpaired) electrons. The SMILES string of the molecule is CCc1c(Cl)c(Cl)c(Cl)c2c(Cl)c(Cl)ccc12. The molecule has 0 saturated heterocycles. The Morgan fingerprint density at radius 3 is 2.06 bits per heavy atom. The summed E-state index contributed by atoms with van der Waals surface area (Å²) >= 11 is 30.6. The van der Waals surface area contributed by atoms with Gasteiger partial charge in [0.2, 0.25) is 0 Å². The summed E-state index contributed by atoms with van der Waals surface area (Å²) in [5.74, 6) is 0. The van der Waals surface area contributed by atoms with Crippen molar-refractivity contribution in [2.24, 2.45) is 0 Å². The van der Waals surface area contributed by atoms with Gasteiger partial charge in [0.1, 0.15) is 0 Å². The fourth-order valence-electron chi connectivity index (χ4n) is 1.82. The van der Waals surface area contributed by atoms with Crippen LogP contribution in [-0.2, 0) is 6.42 Å². The molecule has 0 aliphatic rings. The zero-order valence-corrected chi connectivity index (χ0v) is 12.5. The quantitative estimate of drug-likeness (QED) is 0.513. The van der Waals surface area contributed by atoms with Gasteiger partial charge in [0.25, 0.3) is 0 Å². The second-order valence-corrected chi connectivity index (χ2v) is 5.48. The highest BCUT2D eigenvalue weighted by Gasteiger charge is 2.18. The molecule has 2 aromatic carbocycles. The standard InChI is InChI=1S/C12H7Cl5/c1-2-5-6-3-4-7(13)10(15)8(6)11(16)12(17)9(5)14/h3-4H,2H2,1H3. The average molecular weight is 328 g/mol. The van der Waals surface area contributed by atoms with Crippen LogP contribution in [0.3, 0.4) is 0 Å². The summed E-state index contributed by atoms with van der Waals surface area (Å²) in [6, 6.07) is 3.59. The van der Waals surface area contributed by atoms with Crippen LogP contribution in [0.4, 0.5) is 0 Å². The van der Waals surface area contributed by atoms with Crippen LogP contribution in [-0.4, -0.2) is 0 Å². The Hall–Kier alpha value is 0.150. The van der Waals surface area contributed by atoms with Crippen molar-refractivity contribution in [3.63, 3.8) is 0 Å². The number of fused-ring (bicyclic) bond motifs is 1. The Bertz CT molecular complexity index is 604. The summed E-state index contributed by atoms with van der Waals surface area (Å²) in [5, 5.41) is 3.54. The van der Waals surface area contributed by atoms with Gasteiger partial charge < -0.3 is 0 Å². The molecule has 0 nitrogen and oxygen atoms in total. The second-order valence-electron chi connectivity index (χ2n) is 3.56. The molecule has 5 heteroatoms. The van der Waals surface area contributed by atoms with Crippen molar-refractivity contribution in [1.29, 1.82) is 0 Å². The second kappa shape index (κ2) is 5.03. The molecule has 0 aromatic heterocycles. The van der Waals surface area contributed by atoms with Crippen molar-refractivity contribution < 1.29 is 0 Å². The average Bonchev–Trinajstić information content (AvgIpc) is 2.31. The van der Waals surface area contributed by atoms with Gasteiger partial charge in [0.15, 0.2) is 0 Å². The van der Waals surface area contributed by atoms with E-state index in [9.17, 15) is 0 Å². The summed E-state index contributed by atoms with van der Waals surface area (Å²) in [7, 11) is 0. The maximum atomic E-state index is 6.18. The Morgan fingerprint density at radius 1 is 0.824 bits per heavy atom. The molecule has 2 aromatic rings. The van der Waals surface area contributed by atoms with Gasteiger partial charge in [-0.05, 0) is 23.4 Å². The molecule has 0 bridgehead atoms. The number of rotatable bonds is 1. The van der Waals surface area contributed by atoms with Gasteiger partial charge in [-0.1, -0.05) is 71.0 Å². The molecule has 0 saturated carbocycles. The monoisotopic (exact) mass is 326 g/mol. The number of hydrogen-bond acceptors (Lipinski definition) is 0. The molecule has 90 valence electrons. The van der Waals surface area contributed by atoms with Crippen molar-refractivity contribution in [3.8, 4) is 0 Å². The van der Waals surface area contributed by atoms with E-state index in [1.807, 2.05) is 13.0 Å². The number of hydrogen-bond donors (Lipinski definition) is 0. The van der Waals surface area contributed by atoms with E-state index in [1.54, 1.807) is 6.07 Å². The van der Waals surface area contributed by atoms with Gasteiger partial charge in [-0.15, -0.1) is 0 Å². The predicted molar refractivity (Wildman–Crippen MR) is 78.4 cm³/mol. The van der Waals surface area contributed by atoms with Crippen molar-refractivity contribution >= 4 is 68.8 Å². The third-order valence-electron chi connectivity index (χ3n) is 2.64. The Labute approximate surface area is 124 Å². The molecule has 2 rings (SSSR count). The fraction of sp³-hybridized carbons (Fsp3) is 0.167. The van der Waals surface area contributed by atoms with E-state index in [4.69, 9.17) is 58.0 Å². The minimum Gasteiger partial charge on any atom is -0.0827 e. The van der Waals surface area contributed by atoms with Crippen molar-refractivity contribution in [1.82, 2.24) is 0 Å². The molecule has 0 amide bonds. The molecule has 0 aliphatic carbocycles. The number of aryl methyl sites for hydroxylation is 1. The van der Waals surface area contributed by atoms with E-state index >= 15 is 0 Å².